The molecule has 0 spiro atoms. The minimum absolute atomic E-state index is 0.823. The first kappa shape index (κ1) is 7.15. The summed E-state index contributed by atoms with van der Waals surface area (Å²) < 4.78 is 0. The first-order valence-electron chi connectivity index (χ1n) is 4.66. The predicted molar refractivity (Wildman–Crippen MR) is 48.3 cm³/mol. The summed E-state index contributed by atoms with van der Waals surface area (Å²) in [6, 6.07) is 0. The van der Waals surface area contributed by atoms with E-state index in [0.717, 1.165) is 11.8 Å². The molecule has 1 fully saturated rings. The molecule has 0 aromatic rings. The number of fused-ring (bicyclic) bond motifs is 1. The molecule has 1 saturated carbocycles. The van der Waals surface area contributed by atoms with Gasteiger partial charge in [0, 0.05) is 0 Å². The molecule has 2 unspecified atom stereocenters. The third-order valence-electron chi connectivity index (χ3n) is 3.24. The third kappa shape index (κ3) is 1.05. The maximum Gasteiger partial charge on any atom is -0.0102 e. The molecule has 11 heavy (non-hydrogen) atoms. The van der Waals surface area contributed by atoms with Crippen molar-refractivity contribution in [1.29, 1.82) is 0 Å². The predicted octanol–water partition coefficient (Wildman–Crippen LogP) is 3.31. The van der Waals surface area contributed by atoms with E-state index in [1.54, 1.807) is 5.57 Å². The average Bonchev–Trinajstić information content (AvgIpc) is 2.30. The standard InChI is InChI=1S/C11H16/c1-8-7-9(2)11-6-4-3-5-10(8)11/h7,10-11H,1,3-6H2,2H3. The van der Waals surface area contributed by atoms with Crippen molar-refractivity contribution in [2.45, 2.75) is 32.6 Å². The van der Waals surface area contributed by atoms with E-state index in [0.29, 0.717) is 0 Å². The number of allylic oxidation sites excluding steroid dienone is 3. The van der Waals surface area contributed by atoms with E-state index < -0.39 is 0 Å². The molecule has 2 rings (SSSR count). The van der Waals surface area contributed by atoms with E-state index in [9.17, 15) is 0 Å². The molecule has 60 valence electrons. The Kier molecular flexibility index (Phi) is 1.63. The van der Waals surface area contributed by atoms with Crippen LogP contribution in [-0.2, 0) is 0 Å². The molecule has 0 radical (unpaired) electrons. The fourth-order valence-electron chi connectivity index (χ4n) is 2.63. The summed E-state index contributed by atoms with van der Waals surface area (Å²) in [5, 5.41) is 0. The van der Waals surface area contributed by atoms with E-state index in [1.807, 2.05) is 0 Å². The topological polar surface area (TPSA) is 0 Å². The second-order valence-corrected chi connectivity index (χ2v) is 3.96. The minimum Gasteiger partial charge on any atom is -0.0955 e. The van der Waals surface area contributed by atoms with Gasteiger partial charge in [0.1, 0.15) is 0 Å². The van der Waals surface area contributed by atoms with Crippen LogP contribution in [0.1, 0.15) is 32.6 Å². The Morgan fingerprint density at radius 1 is 1.27 bits per heavy atom. The lowest BCUT2D eigenvalue weighted by atomic mass is 9.78. The van der Waals surface area contributed by atoms with E-state index in [1.165, 1.54) is 31.3 Å². The van der Waals surface area contributed by atoms with Gasteiger partial charge in [-0.25, -0.2) is 0 Å². The van der Waals surface area contributed by atoms with Gasteiger partial charge in [-0.1, -0.05) is 36.6 Å². The molecule has 0 amide bonds. The molecule has 0 heterocycles. The van der Waals surface area contributed by atoms with Gasteiger partial charge in [-0.2, -0.15) is 0 Å². The molecule has 0 aromatic heterocycles. The van der Waals surface area contributed by atoms with Gasteiger partial charge >= 0.3 is 0 Å². The molecule has 2 atom stereocenters. The summed E-state index contributed by atoms with van der Waals surface area (Å²) in [7, 11) is 0. The van der Waals surface area contributed by atoms with Crippen molar-refractivity contribution in [1.82, 2.24) is 0 Å². The van der Waals surface area contributed by atoms with E-state index in [4.69, 9.17) is 0 Å². The Balaban J connectivity index is 2.21. The Labute approximate surface area is 69.0 Å². The normalized spacial score (nSPS) is 36.8. The van der Waals surface area contributed by atoms with Crippen LogP contribution in [0.2, 0.25) is 0 Å². The Morgan fingerprint density at radius 3 is 2.55 bits per heavy atom. The molecule has 0 aromatic carbocycles. The van der Waals surface area contributed by atoms with Gasteiger partial charge in [0.15, 0.2) is 0 Å². The molecule has 2 aliphatic rings. The van der Waals surface area contributed by atoms with Crippen molar-refractivity contribution in [2.24, 2.45) is 11.8 Å². The van der Waals surface area contributed by atoms with Crippen LogP contribution in [0.25, 0.3) is 0 Å². The van der Waals surface area contributed by atoms with Gasteiger partial charge in [-0.15, -0.1) is 0 Å². The third-order valence-corrected chi connectivity index (χ3v) is 3.24. The molecule has 0 bridgehead atoms. The second kappa shape index (κ2) is 2.51. The molecular weight excluding hydrogens is 132 g/mol. The highest BCUT2D eigenvalue weighted by Crippen LogP contribution is 2.44. The zero-order valence-corrected chi connectivity index (χ0v) is 7.27. The molecule has 0 nitrogen and oxygen atoms in total. The first-order valence-corrected chi connectivity index (χ1v) is 4.66. The minimum atomic E-state index is 0.823. The number of hydrogen-bond acceptors (Lipinski definition) is 0. The maximum atomic E-state index is 4.11. The summed E-state index contributed by atoms with van der Waals surface area (Å²) >= 11 is 0. The van der Waals surface area contributed by atoms with E-state index >= 15 is 0 Å². The van der Waals surface area contributed by atoms with Gasteiger partial charge in [0.25, 0.3) is 0 Å². The lowest BCUT2D eigenvalue weighted by molar-refractivity contribution is 0.329. The molecule has 0 saturated heterocycles. The SMILES string of the molecule is C=C1C=C(C)C2CCCCC12. The fraction of sp³-hybridized carbons (Fsp3) is 0.636. The molecular formula is C11H16. The van der Waals surface area contributed by atoms with Gasteiger partial charge < -0.3 is 0 Å². The van der Waals surface area contributed by atoms with Crippen LogP contribution in [0.3, 0.4) is 0 Å². The monoisotopic (exact) mass is 148 g/mol. The van der Waals surface area contributed by atoms with Crippen LogP contribution in [-0.4, -0.2) is 0 Å². The average molecular weight is 148 g/mol. The molecule has 0 aliphatic heterocycles. The molecule has 0 N–H and O–H groups in total. The molecule has 0 heteroatoms. The van der Waals surface area contributed by atoms with Crippen molar-refractivity contribution < 1.29 is 0 Å². The van der Waals surface area contributed by atoms with Crippen LogP contribution in [0.5, 0.6) is 0 Å². The summed E-state index contributed by atoms with van der Waals surface area (Å²) in [5.74, 6) is 1.69. The lowest BCUT2D eigenvalue weighted by Gasteiger charge is -2.27. The Morgan fingerprint density at radius 2 is 1.91 bits per heavy atom. The summed E-state index contributed by atoms with van der Waals surface area (Å²) in [5.41, 5.74) is 2.98. The van der Waals surface area contributed by atoms with Crippen molar-refractivity contribution in [3.63, 3.8) is 0 Å². The summed E-state index contributed by atoms with van der Waals surface area (Å²) in [4.78, 5) is 0. The van der Waals surface area contributed by atoms with Crippen LogP contribution in [0.15, 0.2) is 23.8 Å². The lowest BCUT2D eigenvalue weighted by Crippen LogP contribution is -2.16. The summed E-state index contributed by atoms with van der Waals surface area (Å²) in [6.07, 6.45) is 7.95. The second-order valence-electron chi connectivity index (χ2n) is 3.96. The van der Waals surface area contributed by atoms with Crippen molar-refractivity contribution in [3.8, 4) is 0 Å². The highest BCUT2D eigenvalue weighted by molar-refractivity contribution is 5.33. The zero-order chi connectivity index (χ0) is 7.84. The van der Waals surface area contributed by atoms with Crippen molar-refractivity contribution >= 4 is 0 Å². The quantitative estimate of drug-likeness (QED) is 0.494. The van der Waals surface area contributed by atoms with Crippen LogP contribution >= 0.6 is 0 Å². The van der Waals surface area contributed by atoms with Gasteiger partial charge in [0.2, 0.25) is 0 Å². The van der Waals surface area contributed by atoms with E-state index in [-0.39, 0.29) is 0 Å². The van der Waals surface area contributed by atoms with Crippen molar-refractivity contribution in [3.05, 3.63) is 23.8 Å². The fourth-order valence-corrected chi connectivity index (χ4v) is 2.63. The summed E-state index contributed by atoms with van der Waals surface area (Å²) in [6.45, 7) is 6.38. The highest BCUT2D eigenvalue weighted by atomic mass is 14.4. The van der Waals surface area contributed by atoms with Gasteiger partial charge in [0.05, 0.1) is 0 Å². The smallest absolute Gasteiger partial charge is 0.0102 e. The maximum absolute atomic E-state index is 4.11. The van der Waals surface area contributed by atoms with Crippen LogP contribution in [0, 0.1) is 11.8 Å². The van der Waals surface area contributed by atoms with Gasteiger partial charge in [-0.05, 0) is 31.6 Å². The van der Waals surface area contributed by atoms with E-state index in [2.05, 4.69) is 19.6 Å². The largest absolute Gasteiger partial charge is 0.0955 e. The van der Waals surface area contributed by atoms with Crippen LogP contribution in [0.4, 0.5) is 0 Å². The first-order chi connectivity index (χ1) is 5.29. The Bertz CT molecular complexity index is 210. The molecule has 2 aliphatic carbocycles. The zero-order valence-electron chi connectivity index (χ0n) is 7.27. The Hall–Kier alpha value is -0.520. The number of rotatable bonds is 0. The van der Waals surface area contributed by atoms with Gasteiger partial charge in [-0.3, -0.25) is 0 Å². The van der Waals surface area contributed by atoms with Crippen molar-refractivity contribution in [2.75, 3.05) is 0 Å². The van der Waals surface area contributed by atoms with Crippen LogP contribution < -0.4 is 0 Å². The number of hydrogen-bond donors (Lipinski definition) is 0. The highest BCUT2D eigenvalue weighted by Gasteiger charge is 2.31.